The van der Waals surface area contributed by atoms with Crippen LogP contribution in [0.3, 0.4) is 0 Å². The lowest BCUT2D eigenvalue weighted by Gasteiger charge is -2.09. The number of fused-ring (bicyclic) bond motifs is 2. The number of nitrogens with zero attached hydrogens (tertiary/aromatic N) is 2. The first-order valence-corrected chi connectivity index (χ1v) is 16.7. The average molecular weight is 691 g/mol. The van der Waals surface area contributed by atoms with Crippen molar-refractivity contribution in [3.05, 3.63) is 133 Å². The summed E-state index contributed by atoms with van der Waals surface area (Å²) in [6, 6.07) is 41.6. The molecule has 10 heteroatoms. The molecule has 1 aliphatic heterocycles. The minimum absolute atomic E-state index is 0.193. The predicted octanol–water partition coefficient (Wildman–Crippen LogP) is 9.66. The van der Waals surface area contributed by atoms with Crippen LogP contribution >= 0.6 is 0 Å². The smallest absolute Gasteiger partial charge is 0.227 e. The van der Waals surface area contributed by atoms with E-state index in [1.54, 1.807) is 18.2 Å². The van der Waals surface area contributed by atoms with Crippen LogP contribution in [0.5, 0.6) is 34.5 Å². The lowest BCUT2D eigenvalue weighted by atomic mass is 10.1. The van der Waals surface area contributed by atoms with E-state index in [2.05, 4.69) is 0 Å². The maximum absolute atomic E-state index is 9.01. The third-order valence-corrected chi connectivity index (χ3v) is 8.46. The number of epoxide rings is 1. The van der Waals surface area contributed by atoms with Gasteiger partial charge in [-0.25, -0.2) is 9.97 Å². The van der Waals surface area contributed by atoms with Crippen molar-refractivity contribution < 1.29 is 37.6 Å². The first-order chi connectivity index (χ1) is 25.6. The monoisotopic (exact) mass is 690 g/mol. The van der Waals surface area contributed by atoms with Gasteiger partial charge in [0, 0.05) is 23.3 Å². The van der Waals surface area contributed by atoms with Gasteiger partial charge in [-0.3, -0.25) is 0 Å². The fourth-order valence-corrected chi connectivity index (χ4v) is 5.74. The van der Waals surface area contributed by atoms with Gasteiger partial charge in [0.2, 0.25) is 11.8 Å². The molecule has 8 aromatic rings. The molecule has 2 aromatic heterocycles. The van der Waals surface area contributed by atoms with Crippen molar-refractivity contribution in [2.75, 3.05) is 20.0 Å². The second kappa shape index (κ2) is 13.6. The Morgan fingerprint density at radius 1 is 0.519 bits per heavy atom. The highest BCUT2D eigenvalue weighted by Crippen LogP contribution is 2.34. The van der Waals surface area contributed by atoms with E-state index < -0.39 is 6.79 Å². The molecule has 52 heavy (non-hydrogen) atoms. The van der Waals surface area contributed by atoms with Crippen LogP contribution in [0.25, 0.3) is 56.2 Å². The van der Waals surface area contributed by atoms with Crippen LogP contribution in [-0.4, -0.2) is 41.2 Å². The molecule has 0 bridgehead atoms. The molecule has 0 saturated carbocycles. The van der Waals surface area contributed by atoms with Crippen LogP contribution in [0.1, 0.15) is 0 Å². The molecule has 1 atom stereocenters. The van der Waals surface area contributed by atoms with Crippen molar-refractivity contribution in [2.24, 2.45) is 0 Å². The van der Waals surface area contributed by atoms with Gasteiger partial charge in [0.1, 0.15) is 58.2 Å². The van der Waals surface area contributed by atoms with Crippen molar-refractivity contribution in [3.8, 4) is 68.5 Å². The highest BCUT2D eigenvalue weighted by molar-refractivity contribution is 5.86. The quantitative estimate of drug-likeness (QED) is 0.0979. The maximum Gasteiger partial charge on any atom is 0.227 e. The Balaban J connectivity index is 0.885. The second-order valence-electron chi connectivity index (χ2n) is 12.1. The summed E-state index contributed by atoms with van der Waals surface area (Å²) in [7, 11) is 0. The van der Waals surface area contributed by atoms with Crippen LogP contribution in [0.15, 0.2) is 142 Å². The van der Waals surface area contributed by atoms with Gasteiger partial charge in [-0.15, -0.1) is 0 Å². The largest absolute Gasteiger partial charge is 0.491 e. The summed E-state index contributed by atoms with van der Waals surface area (Å²) >= 11 is 0. The summed E-state index contributed by atoms with van der Waals surface area (Å²) in [4.78, 5) is 9.43. The zero-order valence-electron chi connectivity index (χ0n) is 27.6. The summed E-state index contributed by atoms with van der Waals surface area (Å²) in [5.74, 6) is 4.90. The van der Waals surface area contributed by atoms with E-state index in [1.165, 1.54) is 0 Å². The summed E-state index contributed by atoms with van der Waals surface area (Å²) in [5, 5.41) is 9.01. The van der Waals surface area contributed by atoms with Gasteiger partial charge in [0.05, 0.1) is 6.61 Å². The molecule has 6 aromatic carbocycles. The van der Waals surface area contributed by atoms with E-state index in [4.69, 9.17) is 47.6 Å². The highest BCUT2D eigenvalue weighted by atomic mass is 16.6. The van der Waals surface area contributed by atoms with Gasteiger partial charge < -0.3 is 37.6 Å². The molecule has 3 heterocycles. The summed E-state index contributed by atoms with van der Waals surface area (Å²) in [6.45, 7) is 0.890. The Kier molecular flexibility index (Phi) is 8.20. The van der Waals surface area contributed by atoms with Gasteiger partial charge in [-0.05, 0) is 108 Å². The minimum Gasteiger partial charge on any atom is -0.491 e. The molecule has 10 nitrogen and oxygen atoms in total. The van der Waals surface area contributed by atoms with E-state index in [0.717, 1.165) is 45.6 Å². The lowest BCUT2D eigenvalue weighted by molar-refractivity contribution is 0.0984. The number of benzene rings is 6. The highest BCUT2D eigenvalue weighted by Gasteiger charge is 2.23. The normalized spacial score (nSPS) is 13.7. The first-order valence-electron chi connectivity index (χ1n) is 16.7. The molecule has 0 amide bonds. The van der Waals surface area contributed by atoms with Gasteiger partial charge in [0.15, 0.2) is 18.0 Å². The van der Waals surface area contributed by atoms with Crippen LogP contribution < -0.4 is 18.9 Å². The molecule has 0 spiro atoms. The SMILES string of the molecule is OCOc1cccc(Oc2ccc(-c3nc4ccc(-c5ccc6nc(-c7ccc(Oc8cccc(OCC9CO9)c8)cc7)oc6c5)cc4o3)cc2)c1. The van der Waals surface area contributed by atoms with Gasteiger partial charge in [-0.1, -0.05) is 24.3 Å². The molecule has 9 rings (SSSR count). The zero-order valence-corrected chi connectivity index (χ0v) is 27.6. The molecule has 1 N–H and O–H groups in total. The Morgan fingerprint density at radius 2 is 0.981 bits per heavy atom. The van der Waals surface area contributed by atoms with E-state index in [9.17, 15) is 0 Å². The standard InChI is InChI=1S/C42H30N2O8/c45-25-48-33-4-2-6-35(22-33)50-31-15-9-27(10-16-31)42-44-38-18-12-29(20-40(38)52-42)28-11-17-37-39(19-28)51-41(43-37)26-7-13-30(14-8-26)49-34-5-1-3-32(21-34)46-23-36-24-47-36/h1-22,36,45H,23-25H2. The van der Waals surface area contributed by atoms with Crippen molar-refractivity contribution >= 4 is 22.2 Å². The van der Waals surface area contributed by atoms with Gasteiger partial charge in [0.25, 0.3) is 0 Å². The Labute approximate surface area is 297 Å². The van der Waals surface area contributed by atoms with E-state index >= 15 is 0 Å². The summed E-state index contributed by atoms with van der Waals surface area (Å²) < 4.78 is 40.5. The number of oxazole rings is 2. The fourth-order valence-electron chi connectivity index (χ4n) is 5.74. The number of aliphatic hydroxyl groups excluding tert-OH is 1. The molecule has 1 saturated heterocycles. The third-order valence-electron chi connectivity index (χ3n) is 8.46. The first kappa shape index (κ1) is 31.4. The van der Waals surface area contributed by atoms with E-state index in [0.29, 0.717) is 58.3 Å². The molecular formula is C42H30N2O8. The number of aromatic nitrogens is 2. The van der Waals surface area contributed by atoms with Crippen LogP contribution in [0.2, 0.25) is 0 Å². The number of rotatable bonds is 12. The van der Waals surface area contributed by atoms with Gasteiger partial charge >= 0.3 is 0 Å². The zero-order chi connectivity index (χ0) is 34.9. The fraction of sp³-hybridized carbons (Fsp3) is 0.0952. The van der Waals surface area contributed by atoms with Crippen molar-refractivity contribution in [2.45, 2.75) is 6.10 Å². The van der Waals surface area contributed by atoms with Crippen molar-refractivity contribution in [1.82, 2.24) is 9.97 Å². The van der Waals surface area contributed by atoms with Gasteiger partial charge in [-0.2, -0.15) is 0 Å². The van der Waals surface area contributed by atoms with E-state index in [-0.39, 0.29) is 6.10 Å². The summed E-state index contributed by atoms with van der Waals surface area (Å²) in [6.07, 6.45) is 0.193. The third kappa shape index (κ3) is 6.88. The average Bonchev–Trinajstić information content (AvgIpc) is 3.75. The molecule has 1 aliphatic rings. The number of hydrogen-bond acceptors (Lipinski definition) is 10. The van der Waals surface area contributed by atoms with Crippen LogP contribution in [-0.2, 0) is 4.74 Å². The number of aliphatic hydroxyl groups is 1. The molecular weight excluding hydrogens is 660 g/mol. The number of hydrogen-bond donors (Lipinski definition) is 1. The minimum atomic E-state index is -0.402. The van der Waals surface area contributed by atoms with E-state index in [1.807, 2.05) is 115 Å². The van der Waals surface area contributed by atoms with Crippen molar-refractivity contribution in [3.63, 3.8) is 0 Å². The summed E-state index contributed by atoms with van der Waals surface area (Å²) in [5.41, 5.74) is 6.43. The van der Waals surface area contributed by atoms with Crippen molar-refractivity contribution in [1.29, 1.82) is 0 Å². The lowest BCUT2D eigenvalue weighted by Crippen LogP contribution is -2.03. The second-order valence-corrected chi connectivity index (χ2v) is 12.1. The molecule has 256 valence electrons. The maximum atomic E-state index is 9.01. The Hall–Kier alpha value is -6.62. The predicted molar refractivity (Wildman–Crippen MR) is 194 cm³/mol. The number of ether oxygens (including phenoxy) is 5. The topological polar surface area (TPSA) is 122 Å². The molecule has 1 unspecified atom stereocenters. The molecule has 0 radical (unpaired) electrons. The van der Waals surface area contributed by atoms with Crippen LogP contribution in [0, 0.1) is 0 Å². The van der Waals surface area contributed by atoms with Crippen LogP contribution in [0.4, 0.5) is 0 Å². The molecule has 1 fully saturated rings. The Bertz CT molecular complexity index is 2500. The molecule has 0 aliphatic carbocycles. The Morgan fingerprint density at radius 3 is 1.46 bits per heavy atom.